The Morgan fingerprint density at radius 2 is 1.76 bits per heavy atom. The third-order valence-electron chi connectivity index (χ3n) is 7.14. The van der Waals surface area contributed by atoms with Gasteiger partial charge in [-0.2, -0.15) is 0 Å². The molecule has 1 aliphatic rings. The number of thiocarbonyl (C=S) groups is 1. The number of esters is 1. The van der Waals surface area contributed by atoms with E-state index in [0.717, 1.165) is 34.0 Å². The zero-order valence-electron chi connectivity index (χ0n) is 23.3. The normalized spacial score (nSPS) is 16.4. The zero-order chi connectivity index (χ0) is 29.1. The number of methoxy groups -OCH3 is 2. The van der Waals surface area contributed by atoms with Crippen LogP contribution in [0.15, 0.2) is 79.0 Å². The second-order valence-electron chi connectivity index (χ2n) is 9.70. The van der Waals surface area contributed by atoms with E-state index in [-0.39, 0.29) is 24.6 Å². The molecule has 0 saturated carbocycles. The van der Waals surface area contributed by atoms with E-state index < -0.39 is 5.97 Å². The average Bonchev–Trinajstić information content (AvgIpc) is 3.48. The molecule has 2 aromatic carbocycles. The molecule has 1 aliphatic heterocycles. The van der Waals surface area contributed by atoms with Gasteiger partial charge in [-0.25, -0.2) is 4.79 Å². The monoisotopic (exact) mass is 569 g/mol. The van der Waals surface area contributed by atoms with Crippen LogP contribution in [0.3, 0.4) is 0 Å². The number of hydrogen-bond acceptors (Lipinski definition) is 6. The summed E-state index contributed by atoms with van der Waals surface area (Å²) in [5.41, 5.74) is 6.54. The largest absolute Gasteiger partial charge is 0.465 e. The number of ether oxygens (including phenoxy) is 2. The Bertz CT molecular complexity index is 1590. The van der Waals surface area contributed by atoms with Gasteiger partial charge < -0.3 is 29.6 Å². The van der Waals surface area contributed by atoms with Crippen LogP contribution in [0, 0.1) is 13.8 Å². The zero-order valence-corrected chi connectivity index (χ0v) is 24.1. The number of para-hydroxylation sites is 1. The summed E-state index contributed by atoms with van der Waals surface area (Å²) < 4.78 is 12.1. The first-order valence-electron chi connectivity index (χ1n) is 13.1. The number of anilines is 2. The molecule has 2 N–H and O–H groups in total. The van der Waals surface area contributed by atoms with E-state index in [1.54, 1.807) is 12.3 Å². The van der Waals surface area contributed by atoms with Crippen molar-refractivity contribution in [3.63, 3.8) is 0 Å². The molecule has 9 nitrogen and oxygen atoms in total. The van der Waals surface area contributed by atoms with E-state index in [4.69, 9.17) is 21.7 Å². The number of benzene rings is 2. The van der Waals surface area contributed by atoms with Gasteiger partial charge in [-0.05, 0) is 86.2 Å². The fourth-order valence-electron chi connectivity index (χ4n) is 5.39. The first-order chi connectivity index (χ1) is 19.8. The average molecular weight is 570 g/mol. The minimum absolute atomic E-state index is 0.0234. The van der Waals surface area contributed by atoms with E-state index in [0.29, 0.717) is 16.4 Å². The smallest absolute Gasteiger partial charge is 0.339 e. The van der Waals surface area contributed by atoms with Crippen LogP contribution in [0.25, 0.3) is 5.69 Å². The van der Waals surface area contributed by atoms with Crippen LogP contribution in [0.1, 0.15) is 45.1 Å². The van der Waals surface area contributed by atoms with Crippen molar-refractivity contribution < 1.29 is 19.1 Å². The Morgan fingerprint density at radius 1 is 1.02 bits per heavy atom. The van der Waals surface area contributed by atoms with Gasteiger partial charge in [0.05, 0.1) is 36.1 Å². The fraction of sp³-hybridized carbons (Fsp3) is 0.226. The molecule has 0 radical (unpaired) electrons. The highest BCUT2D eigenvalue weighted by atomic mass is 32.1. The first kappa shape index (κ1) is 28.0. The summed E-state index contributed by atoms with van der Waals surface area (Å²) in [5.74, 6) is -0.629. The topological polar surface area (TPSA) is 97.7 Å². The molecule has 10 heteroatoms. The second kappa shape index (κ2) is 11.9. The summed E-state index contributed by atoms with van der Waals surface area (Å²) in [7, 11) is 2.86. The molecule has 41 heavy (non-hydrogen) atoms. The van der Waals surface area contributed by atoms with Crippen molar-refractivity contribution in [1.82, 2.24) is 14.9 Å². The van der Waals surface area contributed by atoms with Gasteiger partial charge in [0.15, 0.2) is 5.11 Å². The molecule has 2 atom stereocenters. The van der Waals surface area contributed by atoms with Gasteiger partial charge in [-0.3, -0.25) is 9.78 Å². The number of rotatable bonds is 8. The third kappa shape index (κ3) is 5.44. The van der Waals surface area contributed by atoms with Gasteiger partial charge in [-0.15, -0.1) is 0 Å². The molecule has 0 unspecified atom stereocenters. The number of aromatic nitrogens is 2. The van der Waals surface area contributed by atoms with Crippen LogP contribution in [-0.2, 0) is 14.3 Å². The van der Waals surface area contributed by atoms with E-state index in [9.17, 15) is 9.59 Å². The van der Waals surface area contributed by atoms with Crippen molar-refractivity contribution in [3.05, 3.63) is 107 Å². The van der Waals surface area contributed by atoms with Gasteiger partial charge in [0.25, 0.3) is 0 Å². The Hall–Kier alpha value is -4.54. The maximum atomic E-state index is 12.6. The van der Waals surface area contributed by atoms with Crippen molar-refractivity contribution in [3.8, 4) is 5.69 Å². The Kier molecular flexibility index (Phi) is 8.14. The highest BCUT2D eigenvalue weighted by molar-refractivity contribution is 7.80. The van der Waals surface area contributed by atoms with E-state index in [1.165, 1.54) is 14.2 Å². The minimum atomic E-state index is -0.399. The number of nitrogens with zero attached hydrogens (tertiary/aromatic N) is 3. The SMILES string of the molecule is COCC(=O)Nc1ccc(N2C(=S)N[C@H](c3ccccn3)[C@@H]2c2cc(C)n(-c3ccccc3C(=O)OC)c2C)cc1. The molecule has 1 saturated heterocycles. The van der Waals surface area contributed by atoms with Crippen molar-refractivity contribution in [2.24, 2.45) is 0 Å². The lowest BCUT2D eigenvalue weighted by molar-refractivity contribution is -0.119. The predicted octanol–water partition coefficient (Wildman–Crippen LogP) is 5.04. The second-order valence-corrected chi connectivity index (χ2v) is 10.1. The maximum Gasteiger partial charge on any atom is 0.339 e. The molecule has 0 bridgehead atoms. The van der Waals surface area contributed by atoms with Crippen molar-refractivity contribution >= 4 is 40.6 Å². The molecule has 3 heterocycles. The Balaban J connectivity index is 1.61. The summed E-state index contributed by atoms with van der Waals surface area (Å²) in [6.45, 7) is 4.03. The molecule has 210 valence electrons. The number of nitrogens with one attached hydrogen (secondary N) is 2. The number of carbonyl (C=O) groups is 2. The highest BCUT2D eigenvalue weighted by Gasteiger charge is 2.42. The van der Waals surface area contributed by atoms with Gasteiger partial charge in [0, 0.05) is 36.1 Å². The summed E-state index contributed by atoms with van der Waals surface area (Å²) in [6.07, 6.45) is 1.77. The molecule has 2 aromatic heterocycles. The molecule has 4 aromatic rings. The lowest BCUT2D eigenvalue weighted by Gasteiger charge is -2.28. The molecule has 0 spiro atoms. The molecule has 1 amide bonds. The number of pyridine rings is 1. The predicted molar refractivity (Wildman–Crippen MR) is 161 cm³/mol. The Labute approximate surface area is 244 Å². The molecular formula is C31H31N5O4S. The summed E-state index contributed by atoms with van der Waals surface area (Å²) in [4.78, 5) is 31.4. The number of aryl methyl sites for hydroxylation is 1. The van der Waals surface area contributed by atoms with E-state index in [1.807, 2.05) is 74.5 Å². The van der Waals surface area contributed by atoms with Crippen LogP contribution in [0.5, 0.6) is 0 Å². The number of amides is 1. The van der Waals surface area contributed by atoms with E-state index >= 15 is 0 Å². The van der Waals surface area contributed by atoms with Crippen LogP contribution in [0.4, 0.5) is 11.4 Å². The molecule has 0 aliphatic carbocycles. The lowest BCUT2D eigenvalue weighted by atomic mass is 9.96. The third-order valence-corrected chi connectivity index (χ3v) is 7.46. The van der Waals surface area contributed by atoms with Gasteiger partial charge in [0.1, 0.15) is 6.61 Å². The molecule has 5 rings (SSSR count). The van der Waals surface area contributed by atoms with Crippen LogP contribution < -0.4 is 15.5 Å². The van der Waals surface area contributed by atoms with Crippen LogP contribution in [-0.4, -0.2) is 47.4 Å². The molecular weight excluding hydrogens is 538 g/mol. The maximum absolute atomic E-state index is 12.6. The van der Waals surface area contributed by atoms with E-state index in [2.05, 4.69) is 31.2 Å². The van der Waals surface area contributed by atoms with Gasteiger partial charge in [0.2, 0.25) is 5.91 Å². The first-order valence-corrected chi connectivity index (χ1v) is 13.5. The number of carbonyl (C=O) groups excluding carboxylic acids is 2. The fourth-order valence-corrected chi connectivity index (χ4v) is 5.74. The summed E-state index contributed by atoms with van der Waals surface area (Å²) >= 11 is 5.89. The van der Waals surface area contributed by atoms with Gasteiger partial charge >= 0.3 is 5.97 Å². The summed E-state index contributed by atoms with van der Waals surface area (Å²) in [5, 5.41) is 6.87. The summed E-state index contributed by atoms with van der Waals surface area (Å²) in [6, 6.07) is 22.4. The molecule has 1 fully saturated rings. The standard InChI is InChI=1S/C31H31N5O4S/c1-19-17-24(20(2)35(19)26-11-6-5-9-23(26)30(38)40-4)29-28(25-10-7-8-16-32-25)34-31(41)36(29)22-14-12-21(13-15-22)33-27(37)18-39-3/h5-17,28-29H,18H2,1-4H3,(H,33,37)(H,34,41)/t28-,29+/m1/s1. The minimum Gasteiger partial charge on any atom is -0.465 e. The van der Waals surface area contributed by atoms with Crippen molar-refractivity contribution in [2.75, 3.05) is 31.0 Å². The van der Waals surface area contributed by atoms with Crippen molar-refractivity contribution in [1.29, 1.82) is 0 Å². The Morgan fingerprint density at radius 3 is 2.44 bits per heavy atom. The van der Waals surface area contributed by atoms with Crippen molar-refractivity contribution in [2.45, 2.75) is 25.9 Å². The van der Waals surface area contributed by atoms with Crippen LogP contribution >= 0.6 is 12.2 Å². The highest BCUT2D eigenvalue weighted by Crippen LogP contribution is 2.44. The quantitative estimate of drug-likeness (QED) is 0.225. The lowest BCUT2D eigenvalue weighted by Crippen LogP contribution is -2.29. The number of hydrogen-bond donors (Lipinski definition) is 2. The van der Waals surface area contributed by atoms with Gasteiger partial charge in [-0.1, -0.05) is 18.2 Å². The van der Waals surface area contributed by atoms with Crippen LogP contribution in [0.2, 0.25) is 0 Å².